The lowest BCUT2D eigenvalue weighted by Crippen LogP contribution is -2.30. The number of hydrogen-bond donors (Lipinski definition) is 1. The van der Waals surface area contributed by atoms with Crippen molar-refractivity contribution in [2.75, 3.05) is 24.9 Å². The van der Waals surface area contributed by atoms with E-state index < -0.39 is 20.0 Å². The van der Waals surface area contributed by atoms with Gasteiger partial charge in [0.1, 0.15) is 5.75 Å². The van der Waals surface area contributed by atoms with E-state index in [9.17, 15) is 16.8 Å². The molecule has 0 aliphatic heterocycles. The molecule has 10 heteroatoms. The smallest absolute Gasteiger partial charge is 0.262 e. The van der Waals surface area contributed by atoms with E-state index in [0.29, 0.717) is 18.1 Å². The van der Waals surface area contributed by atoms with Gasteiger partial charge in [0.15, 0.2) is 0 Å². The van der Waals surface area contributed by atoms with Gasteiger partial charge in [-0.1, -0.05) is 25.4 Å². The van der Waals surface area contributed by atoms with Gasteiger partial charge in [0.05, 0.1) is 22.6 Å². The molecule has 0 atom stereocenters. The standard InChI is InChI=1S/C17H21ClN2O5S2/c1-4-20(5-2)27(23,24)15-10-11-17(25-3)16(12-15)19-26(21,22)14-8-6-13(18)7-9-14/h6-12,19H,4-5H2,1-3H3. The van der Waals surface area contributed by atoms with Crippen LogP contribution in [-0.2, 0) is 20.0 Å². The van der Waals surface area contributed by atoms with Gasteiger partial charge in [-0.3, -0.25) is 4.72 Å². The number of halogens is 1. The third-order valence-corrected chi connectivity index (χ3v) is 7.56. The Balaban J connectivity index is 2.48. The summed E-state index contributed by atoms with van der Waals surface area (Å²) in [5, 5.41) is 0.402. The van der Waals surface area contributed by atoms with Gasteiger partial charge >= 0.3 is 0 Å². The van der Waals surface area contributed by atoms with Crippen LogP contribution in [0.5, 0.6) is 5.75 Å². The van der Waals surface area contributed by atoms with E-state index in [4.69, 9.17) is 16.3 Å². The Bertz CT molecular complexity index is 1000. The predicted octanol–water partition coefficient (Wildman–Crippen LogP) is 3.18. The van der Waals surface area contributed by atoms with Gasteiger partial charge in [0.25, 0.3) is 10.0 Å². The molecule has 27 heavy (non-hydrogen) atoms. The number of methoxy groups -OCH3 is 1. The minimum absolute atomic E-state index is 0.00837. The molecule has 0 amide bonds. The average Bonchev–Trinajstić information content (AvgIpc) is 2.62. The SMILES string of the molecule is CCN(CC)S(=O)(=O)c1ccc(OC)c(NS(=O)(=O)c2ccc(Cl)cc2)c1. The average molecular weight is 433 g/mol. The topological polar surface area (TPSA) is 92.8 Å². The van der Waals surface area contributed by atoms with Gasteiger partial charge in [0, 0.05) is 18.1 Å². The molecular weight excluding hydrogens is 412 g/mol. The summed E-state index contributed by atoms with van der Waals surface area (Å²) >= 11 is 5.79. The summed E-state index contributed by atoms with van der Waals surface area (Å²) in [6.45, 7) is 4.07. The van der Waals surface area contributed by atoms with Crippen molar-refractivity contribution in [1.82, 2.24) is 4.31 Å². The van der Waals surface area contributed by atoms with Crippen molar-refractivity contribution in [3.05, 3.63) is 47.5 Å². The van der Waals surface area contributed by atoms with Crippen molar-refractivity contribution in [2.45, 2.75) is 23.6 Å². The molecule has 1 N–H and O–H groups in total. The summed E-state index contributed by atoms with van der Waals surface area (Å²) < 4.78 is 59.5. The second kappa shape index (κ2) is 8.47. The Labute approximate surface area is 165 Å². The van der Waals surface area contributed by atoms with Crippen molar-refractivity contribution < 1.29 is 21.6 Å². The minimum Gasteiger partial charge on any atom is -0.495 e. The van der Waals surface area contributed by atoms with Crippen LogP contribution < -0.4 is 9.46 Å². The Hall–Kier alpha value is -1.81. The van der Waals surface area contributed by atoms with Crippen LogP contribution >= 0.6 is 11.6 Å². The molecule has 0 aromatic heterocycles. The summed E-state index contributed by atoms with van der Waals surface area (Å²) in [5.41, 5.74) is 0.0284. The maximum Gasteiger partial charge on any atom is 0.262 e. The van der Waals surface area contributed by atoms with Crippen LogP contribution in [0.25, 0.3) is 0 Å². The van der Waals surface area contributed by atoms with Crippen molar-refractivity contribution >= 4 is 37.3 Å². The van der Waals surface area contributed by atoms with E-state index in [0.717, 1.165) is 0 Å². The molecule has 0 saturated carbocycles. The molecule has 0 aliphatic carbocycles. The quantitative estimate of drug-likeness (QED) is 0.691. The van der Waals surface area contributed by atoms with Gasteiger partial charge in [-0.25, -0.2) is 16.8 Å². The molecule has 0 heterocycles. The molecule has 2 aromatic rings. The van der Waals surface area contributed by atoms with E-state index in [2.05, 4.69) is 4.72 Å². The third-order valence-electron chi connectivity index (χ3n) is 3.88. The number of rotatable bonds is 8. The van der Waals surface area contributed by atoms with Gasteiger partial charge < -0.3 is 4.74 Å². The van der Waals surface area contributed by atoms with Gasteiger partial charge in [0.2, 0.25) is 10.0 Å². The fraction of sp³-hybridized carbons (Fsp3) is 0.294. The van der Waals surface area contributed by atoms with Crippen LogP contribution in [-0.4, -0.2) is 41.3 Å². The Kier molecular flexibility index (Phi) is 6.74. The highest BCUT2D eigenvalue weighted by atomic mass is 35.5. The molecule has 0 fully saturated rings. The molecule has 2 rings (SSSR count). The van der Waals surface area contributed by atoms with E-state index >= 15 is 0 Å². The Morgan fingerprint density at radius 1 is 0.963 bits per heavy atom. The highest BCUT2D eigenvalue weighted by Gasteiger charge is 2.24. The Morgan fingerprint density at radius 2 is 1.52 bits per heavy atom. The van der Waals surface area contributed by atoms with Crippen molar-refractivity contribution in [3.8, 4) is 5.75 Å². The number of ether oxygens (including phenoxy) is 1. The van der Waals surface area contributed by atoms with Crippen molar-refractivity contribution in [3.63, 3.8) is 0 Å². The highest BCUT2D eigenvalue weighted by Crippen LogP contribution is 2.31. The molecule has 148 valence electrons. The molecule has 2 aromatic carbocycles. The lowest BCUT2D eigenvalue weighted by atomic mass is 10.3. The summed E-state index contributed by atoms with van der Waals surface area (Å²) in [4.78, 5) is -0.0354. The zero-order chi connectivity index (χ0) is 20.2. The first kappa shape index (κ1) is 21.5. The fourth-order valence-corrected chi connectivity index (χ4v) is 5.13. The van der Waals surface area contributed by atoms with Gasteiger partial charge in [-0.2, -0.15) is 4.31 Å². The number of nitrogens with zero attached hydrogens (tertiary/aromatic N) is 1. The first-order chi connectivity index (χ1) is 12.7. The lowest BCUT2D eigenvalue weighted by molar-refractivity contribution is 0.416. The molecule has 0 saturated heterocycles. The molecule has 0 radical (unpaired) electrons. The van der Waals surface area contributed by atoms with E-state index in [-0.39, 0.29) is 21.2 Å². The van der Waals surface area contributed by atoms with Crippen LogP contribution in [0.1, 0.15) is 13.8 Å². The second-order valence-electron chi connectivity index (χ2n) is 5.51. The predicted molar refractivity (Wildman–Crippen MR) is 105 cm³/mol. The fourth-order valence-electron chi connectivity index (χ4n) is 2.46. The lowest BCUT2D eigenvalue weighted by Gasteiger charge is -2.20. The van der Waals surface area contributed by atoms with Crippen molar-refractivity contribution in [1.29, 1.82) is 0 Å². The molecule has 0 spiro atoms. The third kappa shape index (κ3) is 4.73. The van der Waals surface area contributed by atoms with Gasteiger partial charge in [-0.05, 0) is 42.5 Å². The number of anilines is 1. The molecule has 0 unspecified atom stereocenters. The monoisotopic (exact) mass is 432 g/mol. The van der Waals surface area contributed by atoms with Gasteiger partial charge in [-0.15, -0.1) is 0 Å². The highest BCUT2D eigenvalue weighted by molar-refractivity contribution is 7.92. The van der Waals surface area contributed by atoms with E-state index in [1.807, 2.05) is 0 Å². The first-order valence-electron chi connectivity index (χ1n) is 8.12. The van der Waals surface area contributed by atoms with Crippen LogP contribution in [0, 0.1) is 0 Å². The van der Waals surface area contributed by atoms with Crippen LogP contribution in [0.4, 0.5) is 5.69 Å². The summed E-state index contributed by atoms with van der Waals surface area (Å²) in [6, 6.07) is 9.66. The molecular formula is C17H21ClN2O5S2. The first-order valence-corrected chi connectivity index (χ1v) is 11.4. The van der Waals surface area contributed by atoms with E-state index in [1.165, 1.54) is 53.9 Å². The molecule has 0 bridgehead atoms. The number of hydrogen-bond acceptors (Lipinski definition) is 5. The van der Waals surface area contributed by atoms with Crippen molar-refractivity contribution in [2.24, 2.45) is 0 Å². The number of nitrogens with one attached hydrogen (secondary N) is 1. The van der Waals surface area contributed by atoms with Crippen LogP contribution in [0.3, 0.4) is 0 Å². The molecule has 0 aliphatic rings. The maximum absolute atomic E-state index is 12.7. The normalized spacial score (nSPS) is 12.2. The molecule has 7 nitrogen and oxygen atoms in total. The number of benzene rings is 2. The largest absolute Gasteiger partial charge is 0.495 e. The maximum atomic E-state index is 12.7. The van der Waals surface area contributed by atoms with E-state index in [1.54, 1.807) is 13.8 Å². The minimum atomic E-state index is -3.95. The van der Waals surface area contributed by atoms with Crippen LogP contribution in [0.15, 0.2) is 52.3 Å². The second-order valence-corrected chi connectivity index (χ2v) is 9.57. The zero-order valence-corrected chi connectivity index (χ0v) is 17.5. The van der Waals surface area contributed by atoms with Crippen LogP contribution in [0.2, 0.25) is 5.02 Å². The number of sulfonamides is 2. The Morgan fingerprint density at radius 3 is 2.04 bits per heavy atom. The summed E-state index contributed by atoms with van der Waals surface area (Å²) in [5.74, 6) is 0.200. The zero-order valence-electron chi connectivity index (χ0n) is 15.1. The summed E-state index contributed by atoms with van der Waals surface area (Å²) in [6.07, 6.45) is 0. The summed E-state index contributed by atoms with van der Waals surface area (Å²) in [7, 11) is -6.33.